The van der Waals surface area contributed by atoms with Crippen LogP contribution in [0.5, 0.6) is 0 Å². The number of rotatable bonds is 2. The Morgan fingerprint density at radius 3 is 2.56 bits per heavy atom. The van der Waals surface area contributed by atoms with Crippen LogP contribution in [0.1, 0.15) is 49.1 Å². The van der Waals surface area contributed by atoms with E-state index in [1.54, 1.807) is 0 Å². The van der Waals surface area contributed by atoms with Crippen molar-refractivity contribution in [3.8, 4) is 0 Å². The van der Waals surface area contributed by atoms with Crippen LogP contribution in [0, 0.1) is 0 Å². The van der Waals surface area contributed by atoms with E-state index in [1.807, 2.05) is 0 Å². The smallest absolute Gasteiger partial charge is 0.288 e. The van der Waals surface area contributed by atoms with Crippen molar-refractivity contribution in [1.82, 2.24) is 20.5 Å². The number of amides is 1. The second-order valence-electron chi connectivity index (χ2n) is 4.20. The number of hydrogen-bond donors (Lipinski definition) is 3. The summed E-state index contributed by atoms with van der Waals surface area (Å²) in [5.74, 6) is 0.0869. The molecule has 1 aromatic heterocycles. The Bertz CT molecular complexity index is 354. The summed E-state index contributed by atoms with van der Waals surface area (Å²) in [6.45, 7) is 0. The first kappa shape index (κ1) is 10.9. The highest BCUT2D eigenvalue weighted by atomic mass is 16.2. The lowest BCUT2D eigenvalue weighted by molar-refractivity contribution is 0.0923. The van der Waals surface area contributed by atoms with Gasteiger partial charge in [-0.1, -0.05) is 25.7 Å². The Balaban J connectivity index is 1.90. The molecular weight excluding hydrogens is 206 g/mol. The summed E-state index contributed by atoms with van der Waals surface area (Å²) in [7, 11) is 0. The largest absolute Gasteiger partial charge is 0.366 e. The highest BCUT2D eigenvalue weighted by Crippen LogP contribution is 2.17. The van der Waals surface area contributed by atoms with E-state index in [0.29, 0.717) is 0 Å². The molecule has 4 N–H and O–H groups in total. The maximum Gasteiger partial charge on any atom is 0.288 e. The molecule has 1 saturated carbocycles. The second-order valence-corrected chi connectivity index (χ2v) is 4.20. The molecule has 0 aromatic carbocycles. The van der Waals surface area contributed by atoms with E-state index in [0.717, 1.165) is 12.8 Å². The van der Waals surface area contributed by atoms with Gasteiger partial charge in [0.05, 0.1) is 0 Å². The average molecular weight is 223 g/mol. The number of hydrogen-bond acceptors (Lipinski definition) is 4. The number of aromatic amines is 1. The van der Waals surface area contributed by atoms with Crippen LogP contribution in [0.3, 0.4) is 0 Å². The quantitative estimate of drug-likeness (QED) is 0.647. The number of anilines is 1. The van der Waals surface area contributed by atoms with Crippen molar-refractivity contribution in [3.63, 3.8) is 0 Å². The zero-order valence-corrected chi connectivity index (χ0v) is 9.20. The third kappa shape index (κ3) is 2.71. The van der Waals surface area contributed by atoms with E-state index in [-0.39, 0.29) is 23.7 Å². The van der Waals surface area contributed by atoms with E-state index in [9.17, 15) is 4.79 Å². The summed E-state index contributed by atoms with van der Waals surface area (Å²) in [6, 6.07) is 0.265. The molecule has 6 nitrogen and oxygen atoms in total. The third-order valence-electron chi connectivity index (χ3n) is 2.91. The number of H-pyrrole nitrogens is 1. The van der Waals surface area contributed by atoms with Gasteiger partial charge in [0.25, 0.3) is 5.91 Å². The van der Waals surface area contributed by atoms with Crippen LogP contribution < -0.4 is 11.1 Å². The van der Waals surface area contributed by atoms with Crippen molar-refractivity contribution in [2.24, 2.45) is 0 Å². The maximum absolute atomic E-state index is 11.7. The van der Waals surface area contributed by atoms with Gasteiger partial charge in [0, 0.05) is 6.04 Å². The fourth-order valence-corrected chi connectivity index (χ4v) is 2.05. The molecule has 1 aliphatic carbocycles. The Kier molecular flexibility index (Phi) is 3.38. The van der Waals surface area contributed by atoms with Crippen LogP contribution in [0.15, 0.2) is 0 Å². The van der Waals surface area contributed by atoms with Crippen LogP contribution in [0.25, 0.3) is 0 Å². The van der Waals surface area contributed by atoms with Crippen molar-refractivity contribution in [2.75, 3.05) is 5.73 Å². The van der Waals surface area contributed by atoms with Gasteiger partial charge in [-0.3, -0.25) is 9.89 Å². The predicted octanol–water partition coefficient (Wildman–Crippen LogP) is 0.839. The van der Waals surface area contributed by atoms with Crippen LogP contribution in [-0.4, -0.2) is 27.1 Å². The van der Waals surface area contributed by atoms with E-state index in [4.69, 9.17) is 5.73 Å². The average Bonchev–Trinajstić information content (AvgIpc) is 2.54. The monoisotopic (exact) mass is 223 g/mol. The van der Waals surface area contributed by atoms with Gasteiger partial charge in [0.1, 0.15) is 0 Å². The standard InChI is InChI=1S/C10H17N5O/c11-10-13-8(14-15-10)9(16)12-7-5-3-1-2-4-6-7/h7H,1-6H2,(H,12,16)(H3,11,13,14,15). The van der Waals surface area contributed by atoms with Crippen LogP contribution in [0.4, 0.5) is 5.95 Å². The molecule has 2 rings (SSSR count). The lowest BCUT2D eigenvalue weighted by atomic mass is 10.1. The SMILES string of the molecule is Nc1n[nH]c(C(=O)NC2CCCCCC2)n1. The van der Waals surface area contributed by atoms with Gasteiger partial charge in [0.2, 0.25) is 11.8 Å². The van der Waals surface area contributed by atoms with Crippen LogP contribution >= 0.6 is 0 Å². The number of nitrogen functional groups attached to an aromatic ring is 1. The number of nitrogens with two attached hydrogens (primary N) is 1. The first-order valence-electron chi connectivity index (χ1n) is 5.74. The molecule has 1 fully saturated rings. The van der Waals surface area contributed by atoms with Gasteiger partial charge < -0.3 is 11.1 Å². The molecule has 88 valence electrons. The molecule has 0 aliphatic heterocycles. The fraction of sp³-hybridized carbons (Fsp3) is 0.700. The van der Waals surface area contributed by atoms with Crippen LogP contribution in [-0.2, 0) is 0 Å². The van der Waals surface area contributed by atoms with Crippen molar-refractivity contribution >= 4 is 11.9 Å². The maximum atomic E-state index is 11.7. The van der Waals surface area contributed by atoms with E-state index in [1.165, 1.54) is 25.7 Å². The first-order chi connectivity index (χ1) is 7.75. The summed E-state index contributed by atoms with van der Waals surface area (Å²) in [4.78, 5) is 15.5. The van der Waals surface area contributed by atoms with E-state index >= 15 is 0 Å². The fourth-order valence-electron chi connectivity index (χ4n) is 2.05. The molecule has 1 aromatic rings. The number of carbonyl (C=O) groups is 1. The number of aromatic nitrogens is 3. The van der Waals surface area contributed by atoms with Gasteiger partial charge in [-0.15, -0.1) is 5.10 Å². The zero-order chi connectivity index (χ0) is 11.4. The minimum Gasteiger partial charge on any atom is -0.366 e. The molecule has 0 bridgehead atoms. The number of carbonyl (C=O) groups excluding carboxylic acids is 1. The Morgan fingerprint density at radius 1 is 1.31 bits per heavy atom. The molecule has 0 atom stereocenters. The van der Waals surface area contributed by atoms with Gasteiger partial charge in [-0.2, -0.15) is 4.98 Å². The van der Waals surface area contributed by atoms with Crippen molar-refractivity contribution in [3.05, 3.63) is 5.82 Å². The van der Waals surface area contributed by atoms with Crippen LogP contribution in [0.2, 0.25) is 0 Å². The molecule has 0 spiro atoms. The molecule has 0 saturated heterocycles. The summed E-state index contributed by atoms with van der Waals surface area (Å²) >= 11 is 0. The topological polar surface area (TPSA) is 96.7 Å². The first-order valence-corrected chi connectivity index (χ1v) is 5.74. The minimum absolute atomic E-state index is 0.103. The Hall–Kier alpha value is -1.59. The van der Waals surface area contributed by atoms with Gasteiger partial charge in [-0.05, 0) is 12.8 Å². The summed E-state index contributed by atoms with van der Waals surface area (Å²) in [6.07, 6.45) is 7.00. The second kappa shape index (κ2) is 4.96. The van der Waals surface area contributed by atoms with Crippen molar-refractivity contribution in [1.29, 1.82) is 0 Å². The molecule has 0 radical (unpaired) electrons. The lowest BCUT2D eigenvalue weighted by Crippen LogP contribution is -2.35. The van der Waals surface area contributed by atoms with Gasteiger partial charge in [-0.25, -0.2) is 0 Å². The Labute approximate surface area is 94.0 Å². The molecule has 6 heteroatoms. The molecule has 0 unspecified atom stereocenters. The lowest BCUT2D eigenvalue weighted by Gasteiger charge is -2.14. The molecular formula is C10H17N5O. The van der Waals surface area contributed by atoms with E-state index < -0.39 is 0 Å². The number of nitrogens with one attached hydrogen (secondary N) is 2. The highest BCUT2D eigenvalue weighted by Gasteiger charge is 2.17. The minimum atomic E-state index is -0.212. The molecule has 16 heavy (non-hydrogen) atoms. The summed E-state index contributed by atoms with van der Waals surface area (Å²) in [5, 5.41) is 9.10. The summed E-state index contributed by atoms with van der Waals surface area (Å²) < 4.78 is 0. The molecule has 1 heterocycles. The predicted molar refractivity (Wildman–Crippen MR) is 59.8 cm³/mol. The van der Waals surface area contributed by atoms with Gasteiger partial charge in [0.15, 0.2) is 0 Å². The third-order valence-corrected chi connectivity index (χ3v) is 2.91. The Morgan fingerprint density at radius 2 is 2.00 bits per heavy atom. The normalized spacial score (nSPS) is 18.0. The van der Waals surface area contributed by atoms with Gasteiger partial charge >= 0.3 is 0 Å². The highest BCUT2D eigenvalue weighted by molar-refractivity contribution is 5.90. The van der Waals surface area contributed by atoms with Crippen molar-refractivity contribution < 1.29 is 4.79 Å². The zero-order valence-electron chi connectivity index (χ0n) is 9.20. The van der Waals surface area contributed by atoms with E-state index in [2.05, 4.69) is 20.5 Å². The number of nitrogens with zero attached hydrogens (tertiary/aromatic N) is 2. The molecule has 1 amide bonds. The van der Waals surface area contributed by atoms with Crippen molar-refractivity contribution in [2.45, 2.75) is 44.6 Å². The molecule has 1 aliphatic rings. The summed E-state index contributed by atoms with van der Waals surface area (Å²) in [5.41, 5.74) is 5.34.